The number of rotatable bonds is 2. The van der Waals surface area contributed by atoms with E-state index in [0.29, 0.717) is 21.2 Å². The normalized spacial score (nSPS) is 24.4. The van der Waals surface area contributed by atoms with Crippen molar-refractivity contribution in [2.75, 3.05) is 13.2 Å². The summed E-state index contributed by atoms with van der Waals surface area (Å²) in [6.45, 7) is 4.20. The van der Waals surface area contributed by atoms with Crippen LogP contribution in [0.5, 0.6) is 0 Å². The molecule has 1 N–H and O–H groups in total. The van der Waals surface area contributed by atoms with Crippen molar-refractivity contribution in [3.8, 4) is 11.1 Å². The molecule has 1 aliphatic rings. The maximum absolute atomic E-state index is 15.4. The highest BCUT2D eigenvalue weighted by molar-refractivity contribution is 6.35. The van der Waals surface area contributed by atoms with E-state index in [1.165, 1.54) is 39.0 Å². The summed E-state index contributed by atoms with van der Waals surface area (Å²) in [4.78, 5) is 0. The van der Waals surface area contributed by atoms with E-state index >= 15 is 8.78 Å². The maximum Gasteiger partial charge on any atom is 0.297 e. The second kappa shape index (κ2) is 6.96. The SMILES string of the molecule is CC1(C)OCCN[C@](C)(c2cc(-c3cc(Cl)cc(Cl)c3)ccc2F)C1(F)F. The number of hydrogen-bond donors (Lipinski definition) is 1. The van der Waals surface area contributed by atoms with Crippen molar-refractivity contribution in [2.45, 2.75) is 37.8 Å². The van der Waals surface area contributed by atoms with Gasteiger partial charge in [0.2, 0.25) is 0 Å². The van der Waals surface area contributed by atoms with Crippen molar-refractivity contribution in [3.05, 3.63) is 57.8 Å². The van der Waals surface area contributed by atoms with E-state index in [2.05, 4.69) is 5.32 Å². The van der Waals surface area contributed by atoms with Crippen molar-refractivity contribution >= 4 is 23.2 Å². The summed E-state index contributed by atoms with van der Waals surface area (Å²) in [6, 6.07) is 8.98. The molecule has 0 saturated carbocycles. The monoisotopic (exact) mass is 417 g/mol. The van der Waals surface area contributed by atoms with E-state index in [9.17, 15) is 4.39 Å². The van der Waals surface area contributed by atoms with Crippen LogP contribution in [0.25, 0.3) is 11.1 Å². The number of alkyl halides is 2. The second-order valence-electron chi connectivity index (χ2n) is 7.34. The van der Waals surface area contributed by atoms with Gasteiger partial charge in [-0.25, -0.2) is 13.2 Å². The molecule has 146 valence electrons. The molecule has 1 atom stereocenters. The van der Waals surface area contributed by atoms with E-state index in [4.69, 9.17) is 27.9 Å². The predicted octanol–water partition coefficient (Wildman–Crippen LogP) is 6.05. The molecule has 1 heterocycles. The summed E-state index contributed by atoms with van der Waals surface area (Å²) >= 11 is 12.1. The smallest absolute Gasteiger partial charge is 0.297 e. The van der Waals surface area contributed by atoms with Gasteiger partial charge in [0.15, 0.2) is 0 Å². The zero-order chi connectivity index (χ0) is 20.0. The topological polar surface area (TPSA) is 21.3 Å². The molecular weight excluding hydrogens is 398 g/mol. The lowest BCUT2D eigenvalue weighted by atomic mass is 9.77. The van der Waals surface area contributed by atoms with Gasteiger partial charge in [-0.2, -0.15) is 0 Å². The van der Waals surface area contributed by atoms with Gasteiger partial charge in [0.05, 0.1) is 6.61 Å². The van der Waals surface area contributed by atoms with Crippen LogP contribution in [-0.4, -0.2) is 24.7 Å². The average Bonchev–Trinajstić information content (AvgIpc) is 2.64. The summed E-state index contributed by atoms with van der Waals surface area (Å²) in [6.07, 6.45) is 0. The van der Waals surface area contributed by atoms with Gasteiger partial charge in [0, 0.05) is 22.2 Å². The Bertz CT molecular complexity index is 852. The van der Waals surface area contributed by atoms with Crippen molar-refractivity contribution in [2.24, 2.45) is 0 Å². The fourth-order valence-corrected chi connectivity index (χ4v) is 4.01. The van der Waals surface area contributed by atoms with Crippen LogP contribution in [0.3, 0.4) is 0 Å². The molecule has 1 saturated heterocycles. The first-order chi connectivity index (χ1) is 12.5. The average molecular weight is 418 g/mol. The van der Waals surface area contributed by atoms with Gasteiger partial charge < -0.3 is 10.1 Å². The lowest BCUT2D eigenvalue weighted by Gasteiger charge is -2.44. The highest BCUT2D eigenvalue weighted by atomic mass is 35.5. The van der Waals surface area contributed by atoms with E-state index in [1.54, 1.807) is 18.2 Å². The summed E-state index contributed by atoms with van der Waals surface area (Å²) in [5, 5.41) is 3.60. The van der Waals surface area contributed by atoms with Crippen LogP contribution >= 0.6 is 23.2 Å². The van der Waals surface area contributed by atoms with E-state index in [0.717, 1.165) is 0 Å². The first-order valence-electron chi connectivity index (χ1n) is 8.51. The van der Waals surface area contributed by atoms with Crippen LogP contribution in [-0.2, 0) is 10.3 Å². The quantitative estimate of drug-likeness (QED) is 0.641. The van der Waals surface area contributed by atoms with Gasteiger partial charge in [-0.1, -0.05) is 29.3 Å². The molecule has 0 bridgehead atoms. The minimum atomic E-state index is -3.39. The largest absolute Gasteiger partial charge is 0.368 e. The molecule has 27 heavy (non-hydrogen) atoms. The molecular formula is C20H20Cl2F3NO. The highest BCUT2D eigenvalue weighted by Gasteiger charge is 2.63. The summed E-state index contributed by atoms with van der Waals surface area (Å²) in [5.41, 5.74) is -2.72. The van der Waals surface area contributed by atoms with Gasteiger partial charge >= 0.3 is 0 Å². The number of ether oxygens (including phenoxy) is 1. The van der Waals surface area contributed by atoms with E-state index in [1.807, 2.05) is 0 Å². The number of nitrogens with one attached hydrogen (secondary N) is 1. The Morgan fingerprint density at radius 1 is 0.963 bits per heavy atom. The van der Waals surface area contributed by atoms with Crippen LogP contribution in [0, 0.1) is 5.82 Å². The number of hydrogen-bond acceptors (Lipinski definition) is 2. The molecule has 0 unspecified atom stereocenters. The van der Waals surface area contributed by atoms with Crippen LogP contribution in [0.1, 0.15) is 26.3 Å². The summed E-state index contributed by atoms with van der Waals surface area (Å²) < 4.78 is 50.9. The van der Waals surface area contributed by atoms with Gasteiger partial charge in [-0.05, 0) is 62.2 Å². The fraction of sp³-hybridized carbons (Fsp3) is 0.400. The van der Waals surface area contributed by atoms with Crippen LogP contribution in [0.15, 0.2) is 36.4 Å². The van der Waals surface area contributed by atoms with Crippen LogP contribution < -0.4 is 5.32 Å². The Kier molecular flexibility index (Phi) is 5.28. The Labute approximate surface area is 166 Å². The molecule has 0 amide bonds. The molecule has 0 aromatic heterocycles. The number of halogens is 5. The lowest BCUT2D eigenvalue weighted by Crippen LogP contribution is -2.61. The molecule has 1 aliphatic heterocycles. The maximum atomic E-state index is 15.4. The Morgan fingerprint density at radius 3 is 2.22 bits per heavy atom. The second-order valence-corrected chi connectivity index (χ2v) is 8.21. The molecule has 0 radical (unpaired) electrons. The van der Waals surface area contributed by atoms with Crippen molar-refractivity contribution in [3.63, 3.8) is 0 Å². The molecule has 0 spiro atoms. The highest BCUT2D eigenvalue weighted by Crippen LogP contribution is 2.48. The molecule has 0 aliphatic carbocycles. The standard InChI is InChI=1S/C20H20Cl2F3NO/c1-18(2)20(24,25)19(3,26-6-7-27-18)16-10-12(4-5-17(16)23)13-8-14(21)11-15(22)9-13/h4-5,8-11,26H,6-7H2,1-3H3/t19-/m1/s1. The van der Waals surface area contributed by atoms with Crippen molar-refractivity contribution < 1.29 is 17.9 Å². The van der Waals surface area contributed by atoms with E-state index < -0.39 is 22.9 Å². The predicted molar refractivity (Wildman–Crippen MR) is 102 cm³/mol. The third-order valence-corrected chi connectivity index (χ3v) is 5.56. The third-order valence-electron chi connectivity index (χ3n) is 5.13. The fourth-order valence-electron chi connectivity index (χ4n) is 3.48. The van der Waals surface area contributed by atoms with Gasteiger partial charge in [0.25, 0.3) is 5.92 Å². The van der Waals surface area contributed by atoms with Crippen LogP contribution in [0.2, 0.25) is 10.0 Å². The minimum Gasteiger partial charge on any atom is -0.368 e. The first kappa shape index (κ1) is 20.5. The van der Waals surface area contributed by atoms with Crippen molar-refractivity contribution in [1.29, 1.82) is 0 Å². The molecule has 3 rings (SSSR count). The Morgan fingerprint density at radius 2 is 1.59 bits per heavy atom. The summed E-state index contributed by atoms with van der Waals surface area (Å²) in [5.74, 6) is -4.11. The van der Waals surface area contributed by atoms with Gasteiger partial charge in [-0.3, -0.25) is 0 Å². The van der Waals surface area contributed by atoms with E-state index in [-0.39, 0.29) is 18.7 Å². The molecule has 2 nitrogen and oxygen atoms in total. The third kappa shape index (κ3) is 3.46. The first-order valence-corrected chi connectivity index (χ1v) is 9.27. The Hall–Kier alpha value is -1.27. The molecule has 1 fully saturated rings. The zero-order valence-electron chi connectivity index (χ0n) is 15.2. The van der Waals surface area contributed by atoms with Crippen molar-refractivity contribution in [1.82, 2.24) is 5.32 Å². The van der Waals surface area contributed by atoms with Gasteiger partial charge in [0.1, 0.15) is 17.0 Å². The van der Waals surface area contributed by atoms with Gasteiger partial charge in [-0.15, -0.1) is 0 Å². The summed E-state index contributed by atoms with van der Waals surface area (Å²) in [7, 11) is 0. The molecule has 2 aromatic carbocycles. The lowest BCUT2D eigenvalue weighted by molar-refractivity contribution is -0.216. The molecule has 2 aromatic rings. The number of benzene rings is 2. The molecule has 7 heteroatoms. The van der Waals surface area contributed by atoms with Crippen LogP contribution in [0.4, 0.5) is 13.2 Å². The minimum absolute atomic E-state index is 0.101. The Balaban J connectivity index is 2.18. The zero-order valence-corrected chi connectivity index (χ0v) is 16.7.